The Morgan fingerprint density at radius 3 is 2.28 bits per heavy atom. The monoisotopic (exact) mass is 803 g/mol. The molecule has 3 N–H and O–H groups in total. The van der Waals surface area contributed by atoms with Gasteiger partial charge in [0.15, 0.2) is 11.2 Å². The number of halogens is 5. The minimum Gasteiger partial charge on any atom is -0.480 e. The van der Waals surface area contributed by atoms with Crippen LogP contribution in [0.4, 0.5) is 22.0 Å². The van der Waals surface area contributed by atoms with Gasteiger partial charge in [-0.25, -0.2) is 9.97 Å². The third-order valence-corrected chi connectivity index (χ3v) is 10.9. The molecule has 2 atom stereocenters. The second kappa shape index (κ2) is 15.5. The number of carboxylic acid groups (broad SMARTS) is 1. The highest BCUT2D eigenvalue weighted by atomic mass is 19.4. The summed E-state index contributed by atoms with van der Waals surface area (Å²) >= 11 is 0. The highest BCUT2D eigenvalue weighted by molar-refractivity contribution is 5.86. The molecule has 0 radical (unpaired) electrons. The molecule has 4 aromatic carbocycles. The van der Waals surface area contributed by atoms with Gasteiger partial charge in [-0.3, -0.25) is 14.5 Å². The number of carbonyl (C=O) groups is 2. The van der Waals surface area contributed by atoms with Gasteiger partial charge in [0, 0.05) is 54.9 Å². The van der Waals surface area contributed by atoms with Crippen LogP contribution in [0, 0.1) is 13.8 Å². The summed E-state index contributed by atoms with van der Waals surface area (Å²) in [5, 5.41) is 15.6. The van der Waals surface area contributed by atoms with E-state index >= 15 is 0 Å². The second-order valence-electron chi connectivity index (χ2n) is 14.7. The zero-order valence-electron chi connectivity index (χ0n) is 31.4. The predicted octanol–water partition coefficient (Wildman–Crippen LogP) is 8.62. The number of likely N-dealkylation sites (tertiary alicyclic amines) is 1. The lowest BCUT2D eigenvalue weighted by molar-refractivity contribution is -0.142. The quantitative estimate of drug-likeness (QED) is 0.103. The number of nitrogens with one attached hydrogen (secondary N) is 2. The van der Waals surface area contributed by atoms with Gasteiger partial charge in [-0.05, 0) is 97.8 Å². The molecule has 0 aliphatic carbocycles. The number of carboxylic acids is 1. The molecule has 2 aliphatic heterocycles. The average molecular weight is 804 g/mol. The third kappa shape index (κ3) is 7.73. The van der Waals surface area contributed by atoms with E-state index in [1.165, 1.54) is 6.07 Å². The molecule has 302 valence electrons. The minimum atomic E-state index is -4.71. The Morgan fingerprint density at radius 1 is 0.966 bits per heavy atom. The van der Waals surface area contributed by atoms with E-state index in [4.69, 9.17) is 18.6 Å². The van der Waals surface area contributed by atoms with E-state index in [2.05, 4.69) is 15.6 Å². The Kier molecular flexibility index (Phi) is 10.4. The minimum absolute atomic E-state index is 0.0209. The number of aliphatic carboxylic acids is 1. The van der Waals surface area contributed by atoms with E-state index in [9.17, 15) is 36.6 Å². The number of fused-ring (bicyclic) bond motifs is 2. The van der Waals surface area contributed by atoms with Gasteiger partial charge < -0.3 is 29.3 Å². The van der Waals surface area contributed by atoms with Crippen LogP contribution >= 0.6 is 0 Å². The number of nitrogens with zero attached hydrogens (tertiary/aromatic N) is 3. The largest absolute Gasteiger partial charge is 0.480 e. The third-order valence-electron chi connectivity index (χ3n) is 10.9. The van der Waals surface area contributed by atoms with Crippen LogP contribution in [-0.4, -0.2) is 63.6 Å². The first kappa shape index (κ1) is 39.0. The van der Waals surface area contributed by atoms with Crippen molar-refractivity contribution in [3.63, 3.8) is 0 Å². The summed E-state index contributed by atoms with van der Waals surface area (Å²) < 4.78 is 86.9. The van der Waals surface area contributed by atoms with Crippen LogP contribution < -0.4 is 15.4 Å². The summed E-state index contributed by atoms with van der Waals surface area (Å²) in [6, 6.07) is 15.6. The normalized spacial score (nSPS) is 17.6. The first-order valence-electron chi connectivity index (χ1n) is 18.8. The number of carbonyl (C=O) groups excluding carboxylic acids is 1. The number of oxazole rings is 2. The molecule has 2 saturated heterocycles. The molecule has 16 heteroatoms. The second-order valence-corrected chi connectivity index (χ2v) is 14.7. The Morgan fingerprint density at radius 2 is 1.64 bits per heavy atom. The molecule has 2 aliphatic rings. The maximum atomic E-state index is 14.4. The Labute approximate surface area is 328 Å². The van der Waals surface area contributed by atoms with Crippen LogP contribution in [0.25, 0.3) is 56.2 Å². The number of rotatable bonds is 12. The van der Waals surface area contributed by atoms with Crippen molar-refractivity contribution in [3.8, 4) is 39.8 Å². The fourth-order valence-electron chi connectivity index (χ4n) is 8.01. The van der Waals surface area contributed by atoms with Crippen molar-refractivity contribution in [3.05, 3.63) is 88.5 Å². The number of ether oxygens (including phenoxy) is 1. The molecule has 0 spiro atoms. The molecular weight excluding hydrogens is 765 g/mol. The summed E-state index contributed by atoms with van der Waals surface area (Å²) in [5.74, 6) is -0.927. The van der Waals surface area contributed by atoms with Crippen LogP contribution in [0.1, 0.15) is 53.5 Å². The van der Waals surface area contributed by atoms with E-state index in [1.807, 2.05) is 26.0 Å². The number of alkyl halides is 5. The fraction of sp³-hybridized carbons (Fsp3) is 0.333. The zero-order valence-corrected chi connectivity index (χ0v) is 31.4. The first-order valence-corrected chi connectivity index (χ1v) is 18.8. The molecular formula is C42H38F5N5O6. The van der Waals surface area contributed by atoms with Gasteiger partial charge in [0.1, 0.15) is 28.4 Å². The predicted molar refractivity (Wildman–Crippen MR) is 203 cm³/mol. The van der Waals surface area contributed by atoms with Gasteiger partial charge in [0.25, 0.3) is 0 Å². The molecule has 58 heavy (non-hydrogen) atoms. The molecule has 0 saturated carbocycles. The van der Waals surface area contributed by atoms with E-state index in [0.29, 0.717) is 72.1 Å². The van der Waals surface area contributed by atoms with Crippen LogP contribution in [0.2, 0.25) is 0 Å². The molecule has 1 amide bonds. The van der Waals surface area contributed by atoms with Gasteiger partial charge in [0.2, 0.25) is 17.7 Å². The Balaban J connectivity index is 1.11. The maximum Gasteiger partial charge on any atom is 0.420 e. The summed E-state index contributed by atoms with van der Waals surface area (Å²) in [6.07, 6.45) is -2.52. The van der Waals surface area contributed by atoms with Gasteiger partial charge >= 0.3 is 18.8 Å². The lowest BCUT2D eigenvalue weighted by atomic mass is 9.91. The smallest absolute Gasteiger partial charge is 0.420 e. The fourth-order valence-corrected chi connectivity index (χ4v) is 8.01. The number of hydrogen-bond acceptors (Lipinski definition) is 9. The van der Waals surface area contributed by atoms with Gasteiger partial charge in [-0.1, -0.05) is 24.3 Å². The lowest BCUT2D eigenvalue weighted by Gasteiger charge is -2.22. The van der Waals surface area contributed by atoms with Crippen LogP contribution in [0.15, 0.2) is 69.5 Å². The molecule has 2 fully saturated rings. The standard InChI is InChI=1S/C42H38F5N5O6/c1-21-26(6-3-8-28(21)38-50-31-16-24(20-52-13-5-10-33(52)40(54)55)34(57-41(43)44)17-35(31)56-38)27-7-4-9-29(22(27)2)39-51-32-15-23(14-30(37(32)58-39)42(45,46)47)18-48-19-25-11-12-36(53)49-25/h3-4,6-9,14-17,25,33,41,48H,5,10-13,18-20H2,1-2H3,(H,49,53)(H,54,55)/t25-,33+/m1/s1. The highest BCUT2D eigenvalue weighted by Crippen LogP contribution is 2.41. The van der Waals surface area contributed by atoms with Crippen LogP contribution in [-0.2, 0) is 28.9 Å². The molecule has 2 aromatic heterocycles. The van der Waals surface area contributed by atoms with Crippen LogP contribution in [0.3, 0.4) is 0 Å². The summed E-state index contributed by atoms with van der Waals surface area (Å²) in [4.78, 5) is 34.3. The number of benzene rings is 4. The van der Waals surface area contributed by atoms with Crippen molar-refractivity contribution in [2.24, 2.45) is 0 Å². The van der Waals surface area contributed by atoms with Gasteiger partial charge in [-0.15, -0.1) is 0 Å². The van der Waals surface area contributed by atoms with Crippen molar-refractivity contribution in [1.29, 1.82) is 0 Å². The van der Waals surface area contributed by atoms with Crippen molar-refractivity contribution in [2.45, 2.75) is 77.5 Å². The number of aromatic nitrogens is 2. The maximum absolute atomic E-state index is 14.4. The van der Waals surface area contributed by atoms with E-state index < -0.39 is 30.4 Å². The highest BCUT2D eigenvalue weighted by Gasteiger charge is 2.36. The Bertz CT molecular complexity index is 2550. The molecule has 6 aromatic rings. The van der Waals surface area contributed by atoms with Crippen LogP contribution in [0.5, 0.6) is 5.75 Å². The molecule has 11 nitrogen and oxygen atoms in total. The van der Waals surface area contributed by atoms with Crippen molar-refractivity contribution in [1.82, 2.24) is 25.5 Å². The molecule has 8 rings (SSSR count). The SMILES string of the molecule is Cc1c(-c2nc3cc(CN4CCC[C@H]4C(=O)O)c(OC(F)F)cc3o2)cccc1-c1cccc(-c2nc3cc(CNC[C@H]4CCC(=O)N4)cc(C(F)(F)F)c3o2)c1C. The van der Waals surface area contributed by atoms with Gasteiger partial charge in [0.05, 0.1) is 0 Å². The van der Waals surface area contributed by atoms with E-state index in [1.54, 1.807) is 41.3 Å². The number of amides is 1. The Hall–Kier alpha value is -5.87. The van der Waals surface area contributed by atoms with Crippen molar-refractivity contribution in [2.75, 3.05) is 13.1 Å². The lowest BCUT2D eigenvalue weighted by Crippen LogP contribution is -2.35. The van der Waals surface area contributed by atoms with Crippen molar-refractivity contribution >= 4 is 34.1 Å². The average Bonchev–Trinajstić information content (AvgIpc) is 3.98. The zero-order chi connectivity index (χ0) is 40.9. The first-order chi connectivity index (χ1) is 27.7. The van der Waals surface area contributed by atoms with E-state index in [0.717, 1.165) is 22.8 Å². The molecule has 0 bridgehead atoms. The number of hydrogen-bond donors (Lipinski definition) is 3. The summed E-state index contributed by atoms with van der Waals surface area (Å²) in [6.45, 7) is 1.69. The van der Waals surface area contributed by atoms with E-state index in [-0.39, 0.29) is 59.3 Å². The molecule has 4 heterocycles. The van der Waals surface area contributed by atoms with Crippen molar-refractivity contribution < 1.29 is 50.2 Å². The summed E-state index contributed by atoms with van der Waals surface area (Å²) in [5.41, 5.74) is 4.11. The summed E-state index contributed by atoms with van der Waals surface area (Å²) in [7, 11) is 0. The topological polar surface area (TPSA) is 143 Å². The molecule has 0 unspecified atom stereocenters. The van der Waals surface area contributed by atoms with Gasteiger partial charge in [-0.2, -0.15) is 22.0 Å².